The van der Waals surface area contributed by atoms with E-state index < -0.39 is 5.76 Å². The number of hydrogen-bond donors (Lipinski definition) is 2. The van der Waals surface area contributed by atoms with Gasteiger partial charge in [0.2, 0.25) is 0 Å². The van der Waals surface area contributed by atoms with Crippen LogP contribution >= 0.6 is 23.5 Å². The van der Waals surface area contributed by atoms with Crippen molar-refractivity contribution in [3.63, 3.8) is 0 Å². The summed E-state index contributed by atoms with van der Waals surface area (Å²) in [6, 6.07) is 5.68. The van der Waals surface area contributed by atoms with Crippen molar-refractivity contribution in [1.82, 2.24) is 19.1 Å². The van der Waals surface area contributed by atoms with Crippen LogP contribution in [0.2, 0.25) is 5.02 Å². The number of piperidine rings is 1. The zero-order valence-electron chi connectivity index (χ0n) is 18.1. The number of nitrogens with one attached hydrogen (secondary N) is 2. The van der Waals surface area contributed by atoms with Crippen LogP contribution < -0.4 is 16.6 Å². The van der Waals surface area contributed by atoms with Crippen LogP contribution in [0.3, 0.4) is 0 Å². The van der Waals surface area contributed by atoms with Gasteiger partial charge in [-0.25, -0.2) is 13.8 Å². The quantitative estimate of drug-likeness (QED) is 0.505. The van der Waals surface area contributed by atoms with Gasteiger partial charge in [-0.15, -0.1) is 0 Å². The van der Waals surface area contributed by atoms with E-state index in [2.05, 4.69) is 19.7 Å². The zero-order valence-corrected chi connectivity index (χ0v) is 19.7. The number of aromatic amines is 1. The Hall–Kier alpha value is -2.27. The number of anilines is 1. The van der Waals surface area contributed by atoms with Gasteiger partial charge in [-0.1, -0.05) is 11.6 Å². The number of hydrogen-bond acceptors (Lipinski definition) is 8. The minimum absolute atomic E-state index is 0.0119. The van der Waals surface area contributed by atoms with Gasteiger partial charge in [0.25, 0.3) is 5.56 Å². The summed E-state index contributed by atoms with van der Waals surface area (Å²) in [5.41, 5.74) is 1.58. The first-order valence-corrected chi connectivity index (χ1v) is 12.4. The van der Waals surface area contributed by atoms with E-state index in [4.69, 9.17) is 20.8 Å². The van der Waals surface area contributed by atoms with Gasteiger partial charge < -0.3 is 14.5 Å². The standard InChI is InChI=1S/C22H26ClN5O4S/c23-20-18(24-11-14-2-1-9-31-13-14)12-25-28(21(20)29)15-5-7-27(8-6-15)33-16-3-4-17-19(10-16)32-22(30)26-17/h3-4,10,12,14-15,24H,1-2,5-9,11,13H2,(H,26,30). The Morgan fingerprint density at radius 2 is 2.09 bits per heavy atom. The second-order valence-electron chi connectivity index (χ2n) is 8.51. The lowest BCUT2D eigenvalue weighted by Crippen LogP contribution is -2.36. The Bertz CT molecular complexity index is 1230. The van der Waals surface area contributed by atoms with E-state index in [1.807, 2.05) is 18.2 Å². The molecule has 0 aliphatic carbocycles. The number of H-pyrrole nitrogens is 1. The number of aromatic nitrogens is 3. The molecule has 1 aromatic carbocycles. The van der Waals surface area contributed by atoms with Crippen LogP contribution in [-0.4, -0.2) is 51.9 Å². The van der Waals surface area contributed by atoms with Crippen LogP contribution in [0.25, 0.3) is 11.1 Å². The lowest BCUT2D eigenvalue weighted by Gasteiger charge is -2.31. The van der Waals surface area contributed by atoms with Crippen molar-refractivity contribution < 1.29 is 9.15 Å². The third-order valence-corrected chi connectivity index (χ3v) is 7.63. The van der Waals surface area contributed by atoms with Crippen LogP contribution in [-0.2, 0) is 4.74 Å². The van der Waals surface area contributed by atoms with E-state index in [1.54, 1.807) is 18.1 Å². The highest BCUT2D eigenvalue weighted by atomic mass is 35.5. The van der Waals surface area contributed by atoms with E-state index in [0.29, 0.717) is 22.7 Å². The third kappa shape index (κ3) is 5.13. The van der Waals surface area contributed by atoms with Crippen LogP contribution in [0.1, 0.15) is 31.7 Å². The average Bonchev–Trinajstić information content (AvgIpc) is 3.21. The Labute approximate surface area is 199 Å². The molecule has 2 saturated heterocycles. The maximum absolute atomic E-state index is 12.9. The molecule has 0 radical (unpaired) electrons. The van der Waals surface area contributed by atoms with E-state index in [0.717, 1.165) is 63.4 Å². The van der Waals surface area contributed by atoms with Crippen LogP contribution in [0, 0.1) is 5.92 Å². The van der Waals surface area contributed by atoms with Gasteiger partial charge in [0, 0.05) is 31.1 Å². The molecule has 2 aromatic heterocycles. The molecule has 2 aliphatic heterocycles. The fraction of sp³-hybridized carbons (Fsp3) is 0.500. The first kappa shape index (κ1) is 22.5. The molecule has 1 atom stereocenters. The van der Waals surface area contributed by atoms with E-state index in [-0.39, 0.29) is 16.6 Å². The number of benzene rings is 1. The first-order valence-electron chi connectivity index (χ1n) is 11.2. The number of oxazole rings is 1. The molecule has 4 heterocycles. The maximum atomic E-state index is 12.9. The van der Waals surface area contributed by atoms with Gasteiger partial charge in [0.05, 0.1) is 30.0 Å². The molecule has 2 N–H and O–H groups in total. The normalized spacial score (nSPS) is 20.3. The lowest BCUT2D eigenvalue weighted by atomic mass is 10.0. The average molecular weight is 492 g/mol. The van der Waals surface area contributed by atoms with Crippen molar-refractivity contribution in [3.05, 3.63) is 50.3 Å². The Kier molecular flexibility index (Phi) is 6.77. The summed E-state index contributed by atoms with van der Waals surface area (Å²) < 4.78 is 14.4. The molecule has 0 bridgehead atoms. The van der Waals surface area contributed by atoms with E-state index in [1.165, 1.54) is 4.68 Å². The van der Waals surface area contributed by atoms with Crippen molar-refractivity contribution in [3.8, 4) is 0 Å². The molecule has 176 valence electrons. The molecule has 9 nitrogen and oxygen atoms in total. The lowest BCUT2D eigenvalue weighted by molar-refractivity contribution is 0.0595. The fourth-order valence-electron chi connectivity index (χ4n) is 4.36. The molecule has 2 aliphatic rings. The molecular weight excluding hydrogens is 466 g/mol. The highest BCUT2D eigenvalue weighted by Crippen LogP contribution is 2.31. The van der Waals surface area contributed by atoms with Crippen LogP contribution in [0.4, 0.5) is 5.69 Å². The summed E-state index contributed by atoms with van der Waals surface area (Å²) in [6.45, 7) is 3.89. The second kappa shape index (κ2) is 9.92. The van der Waals surface area contributed by atoms with Gasteiger partial charge in [-0.3, -0.25) is 9.78 Å². The van der Waals surface area contributed by atoms with Crippen LogP contribution in [0.15, 0.2) is 43.3 Å². The molecule has 5 rings (SSSR count). The predicted molar refractivity (Wildman–Crippen MR) is 128 cm³/mol. The number of ether oxygens (including phenoxy) is 1. The monoisotopic (exact) mass is 491 g/mol. The Morgan fingerprint density at radius 1 is 1.24 bits per heavy atom. The Balaban J connectivity index is 1.18. The third-order valence-electron chi connectivity index (χ3n) is 6.18. The predicted octanol–water partition coefficient (Wildman–Crippen LogP) is 3.51. The van der Waals surface area contributed by atoms with Gasteiger partial charge >= 0.3 is 5.76 Å². The molecule has 2 fully saturated rings. The summed E-state index contributed by atoms with van der Waals surface area (Å²) in [5, 5.41) is 7.89. The molecular formula is C22H26ClN5O4S. The van der Waals surface area contributed by atoms with Gasteiger partial charge in [-0.2, -0.15) is 5.10 Å². The molecule has 0 spiro atoms. The zero-order chi connectivity index (χ0) is 22.8. The summed E-state index contributed by atoms with van der Waals surface area (Å²) >= 11 is 8.02. The van der Waals surface area contributed by atoms with Gasteiger partial charge in [0.15, 0.2) is 5.58 Å². The van der Waals surface area contributed by atoms with E-state index in [9.17, 15) is 9.59 Å². The molecule has 0 amide bonds. The molecule has 0 saturated carbocycles. The van der Waals surface area contributed by atoms with Crippen molar-refractivity contribution in [2.45, 2.75) is 36.6 Å². The smallest absolute Gasteiger partial charge is 0.408 e. The van der Waals surface area contributed by atoms with Gasteiger partial charge in [0.1, 0.15) is 5.02 Å². The van der Waals surface area contributed by atoms with Crippen molar-refractivity contribution in [1.29, 1.82) is 0 Å². The van der Waals surface area contributed by atoms with E-state index >= 15 is 0 Å². The minimum Gasteiger partial charge on any atom is -0.408 e. The molecule has 33 heavy (non-hydrogen) atoms. The molecule has 1 unspecified atom stereocenters. The summed E-state index contributed by atoms with van der Waals surface area (Å²) in [6.07, 6.45) is 5.43. The highest BCUT2D eigenvalue weighted by molar-refractivity contribution is 7.97. The van der Waals surface area contributed by atoms with Crippen molar-refractivity contribution in [2.75, 3.05) is 38.2 Å². The number of nitrogens with zero attached hydrogens (tertiary/aromatic N) is 3. The SMILES string of the molecule is O=c1[nH]c2ccc(SN3CCC(n4ncc(NCC5CCCOC5)c(Cl)c4=O)CC3)cc2o1. The fourth-order valence-corrected chi connectivity index (χ4v) is 5.54. The minimum atomic E-state index is -0.450. The molecule has 3 aromatic rings. The summed E-state index contributed by atoms with van der Waals surface area (Å²) in [4.78, 5) is 27.9. The maximum Gasteiger partial charge on any atom is 0.417 e. The summed E-state index contributed by atoms with van der Waals surface area (Å²) in [7, 11) is 0. The largest absolute Gasteiger partial charge is 0.417 e. The van der Waals surface area contributed by atoms with Gasteiger partial charge in [-0.05, 0) is 61.7 Å². The Morgan fingerprint density at radius 3 is 2.88 bits per heavy atom. The number of fused-ring (bicyclic) bond motifs is 1. The van der Waals surface area contributed by atoms with Crippen molar-refractivity contribution in [2.24, 2.45) is 5.92 Å². The highest BCUT2D eigenvalue weighted by Gasteiger charge is 2.24. The number of halogens is 1. The van der Waals surface area contributed by atoms with Crippen molar-refractivity contribution >= 4 is 40.3 Å². The van der Waals surface area contributed by atoms with Crippen LogP contribution in [0.5, 0.6) is 0 Å². The first-order chi connectivity index (χ1) is 16.1. The summed E-state index contributed by atoms with van der Waals surface area (Å²) in [5.74, 6) is -0.0261. The topological polar surface area (TPSA) is 105 Å². The molecule has 11 heteroatoms. The number of rotatable bonds is 6. The second-order valence-corrected chi connectivity index (χ2v) is 10.1.